The zero-order chi connectivity index (χ0) is 13.8. The van der Waals surface area contributed by atoms with Crippen molar-refractivity contribution in [3.05, 3.63) is 23.8 Å². The van der Waals surface area contributed by atoms with Gasteiger partial charge in [-0.2, -0.15) is 0 Å². The van der Waals surface area contributed by atoms with E-state index in [0.717, 1.165) is 11.2 Å². The maximum Gasteiger partial charge on any atom is 0.496 e. The molecule has 1 aromatic rings. The van der Waals surface area contributed by atoms with E-state index in [-0.39, 0.29) is 18.3 Å². The molecule has 19 heavy (non-hydrogen) atoms. The normalized spacial score (nSPS) is 24.7. The molecule has 0 aromatic heterocycles. The number of nitrogens with two attached hydrogens (primary N) is 1. The Balaban J connectivity index is 1.92. The second kappa shape index (κ2) is 4.00. The van der Waals surface area contributed by atoms with Crippen LogP contribution in [0.5, 0.6) is 0 Å². The standard InChI is InChI=1S/C15H22BNO2/c1-14(2)15(3,4)19-16(18-14)12-9-11(10-5-6-10)7-8-13(12)17/h7-10H,5-6,17H2,1-4H3. The molecule has 1 heterocycles. The summed E-state index contributed by atoms with van der Waals surface area (Å²) in [5, 5.41) is 0. The highest BCUT2D eigenvalue weighted by Gasteiger charge is 2.52. The van der Waals surface area contributed by atoms with Crippen LogP contribution in [0.3, 0.4) is 0 Å². The van der Waals surface area contributed by atoms with Crippen molar-refractivity contribution in [2.24, 2.45) is 0 Å². The molecule has 2 fully saturated rings. The van der Waals surface area contributed by atoms with Gasteiger partial charge in [0.1, 0.15) is 0 Å². The van der Waals surface area contributed by atoms with Crippen molar-refractivity contribution in [3.63, 3.8) is 0 Å². The molecule has 3 rings (SSSR count). The van der Waals surface area contributed by atoms with Gasteiger partial charge in [0.2, 0.25) is 0 Å². The molecule has 2 aliphatic rings. The Morgan fingerprint density at radius 3 is 2.21 bits per heavy atom. The van der Waals surface area contributed by atoms with Gasteiger partial charge in [-0.25, -0.2) is 0 Å². The molecule has 1 saturated carbocycles. The molecule has 1 saturated heterocycles. The first-order chi connectivity index (χ1) is 8.80. The lowest BCUT2D eigenvalue weighted by atomic mass is 9.77. The fourth-order valence-corrected chi connectivity index (χ4v) is 2.44. The van der Waals surface area contributed by atoms with E-state index in [0.29, 0.717) is 5.92 Å². The fraction of sp³-hybridized carbons (Fsp3) is 0.600. The molecule has 0 radical (unpaired) electrons. The van der Waals surface area contributed by atoms with Crippen LogP contribution in [0.1, 0.15) is 52.0 Å². The summed E-state index contributed by atoms with van der Waals surface area (Å²) < 4.78 is 12.2. The quantitative estimate of drug-likeness (QED) is 0.655. The van der Waals surface area contributed by atoms with Crippen molar-refractivity contribution < 1.29 is 9.31 Å². The van der Waals surface area contributed by atoms with Crippen molar-refractivity contribution in [3.8, 4) is 0 Å². The van der Waals surface area contributed by atoms with Crippen LogP contribution >= 0.6 is 0 Å². The predicted molar refractivity (Wildman–Crippen MR) is 78.5 cm³/mol. The number of nitrogen functional groups attached to an aromatic ring is 1. The minimum atomic E-state index is -0.358. The van der Waals surface area contributed by atoms with Gasteiger partial charge in [-0.05, 0) is 58.1 Å². The first-order valence-corrected chi connectivity index (χ1v) is 7.05. The van der Waals surface area contributed by atoms with Crippen LogP contribution < -0.4 is 11.2 Å². The number of hydrogen-bond acceptors (Lipinski definition) is 3. The fourth-order valence-electron chi connectivity index (χ4n) is 2.44. The summed E-state index contributed by atoms with van der Waals surface area (Å²) in [6, 6.07) is 6.27. The van der Waals surface area contributed by atoms with Crippen LogP contribution in [0.25, 0.3) is 0 Å². The highest BCUT2D eigenvalue weighted by atomic mass is 16.7. The summed E-state index contributed by atoms with van der Waals surface area (Å²) in [5.41, 5.74) is 8.56. The summed E-state index contributed by atoms with van der Waals surface area (Å²) in [6.07, 6.45) is 2.57. The van der Waals surface area contributed by atoms with Gasteiger partial charge in [0.05, 0.1) is 11.2 Å². The number of benzene rings is 1. The Kier molecular flexibility index (Phi) is 2.74. The third kappa shape index (κ3) is 2.17. The van der Waals surface area contributed by atoms with Crippen molar-refractivity contribution in [1.29, 1.82) is 0 Å². The van der Waals surface area contributed by atoms with Gasteiger partial charge in [0, 0.05) is 11.2 Å². The average Bonchev–Trinajstić information content (AvgIpc) is 3.08. The summed E-state index contributed by atoms with van der Waals surface area (Å²) >= 11 is 0. The van der Waals surface area contributed by atoms with Gasteiger partial charge in [0.25, 0.3) is 0 Å². The summed E-state index contributed by atoms with van der Waals surface area (Å²) in [7, 11) is -0.358. The van der Waals surface area contributed by atoms with Crippen molar-refractivity contribution in [2.45, 2.75) is 57.7 Å². The molecular formula is C15H22BNO2. The Morgan fingerprint density at radius 1 is 1.11 bits per heavy atom. The highest BCUT2D eigenvalue weighted by molar-refractivity contribution is 6.63. The molecular weight excluding hydrogens is 237 g/mol. The topological polar surface area (TPSA) is 44.5 Å². The van der Waals surface area contributed by atoms with Crippen LogP contribution in [0, 0.1) is 0 Å². The zero-order valence-electron chi connectivity index (χ0n) is 12.2. The van der Waals surface area contributed by atoms with Crippen LogP contribution in [-0.4, -0.2) is 18.3 Å². The summed E-state index contributed by atoms with van der Waals surface area (Å²) in [5.74, 6) is 0.710. The van der Waals surface area contributed by atoms with E-state index in [9.17, 15) is 0 Å². The van der Waals surface area contributed by atoms with Crippen LogP contribution in [0.2, 0.25) is 0 Å². The van der Waals surface area contributed by atoms with Crippen LogP contribution in [0.4, 0.5) is 5.69 Å². The van der Waals surface area contributed by atoms with E-state index in [4.69, 9.17) is 15.0 Å². The molecule has 0 unspecified atom stereocenters. The number of hydrogen-bond donors (Lipinski definition) is 1. The minimum absolute atomic E-state index is 0.320. The molecule has 1 aliphatic heterocycles. The molecule has 2 N–H and O–H groups in total. The Hall–Kier alpha value is -0.995. The molecule has 0 atom stereocenters. The Morgan fingerprint density at radius 2 is 1.68 bits per heavy atom. The molecule has 0 spiro atoms. The van der Waals surface area contributed by atoms with Crippen molar-refractivity contribution in [1.82, 2.24) is 0 Å². The molecule has 4 heteroatoms. The summed E-state index contributed by atoms with van der Waals surface area (Å²) in [4.78, 5) is 0. The predicted octanol–water partition coefficient (Wildman–Crippen LogP) is 2.45. The largest absolute Gasteiger partial charge is 0.496 e. The van der Waals surface area contributed by atoms with E-state index < -0.39 is 0 Å². The third-order valence-corrected chi connectivity index (χ3v) is 4.67. The van der Waals surface area contributed by atoms with Crippen LogP contribution in [0.15, 0.2) is 18.2 Å². The molecule has 1 aliphatic carbocycles. The van der Waals surface area contributed by atoms with Gasteiger partial charge in [-0.1, -0.05) is 12.1 Å². The van der Waals surface area contributed by atoms with Gasteiger partial charge in [-0.3, -0.25) is 0 Å². The van der Waals surface area contributed by atoms with Crippen molar-refractivity contribution >= 4 is 18.3 Å². The lowest BCUT2D eigenvalue weighted by Gasteiger charge is -2.32. The summed E-state index contributed by atoms with van der Waals surface area (Å²) in [6.45, 7) is 8.25. The molecule has 3 nitrogen and oxygen atoms in total. The van der Waals surface area contributed by atoms with Gasteiger partial charge in [0.15, 0.2) is 0 Å². The van der Waals surface area contributed by atoms with Gasteiger partial charge < -0.3 is 15.0 Å². The molecule has 0 amide bonds. The third-order valence-electron chi connectivity index (χ3n) is 4.67. The van der Waals surface area contributed by atoms with E-state index in [1.54, 1.807) is 0 Å². The highest BCUT2D eigenvalue weighted by Crippen LogP contribution is 2.41. The number of anilines is 1. The Bertz CT molecular complexity index is 493. The maximum atomic E-state index is 6.11. The SMILES string of the molecule is CC1(C)OB(c2cc(C3CC3)ccc2N)OC1(C)C. The zero-order valence-corrected chi connectivity index (χ0v) is 12.2. The monoisotopic (exact) mass is 259 g/mol. The van der Waals surface area contributed by atoms with E-state index >= 15 is 0 Å². The first kappa shape index (κ1) is 13.0. The smallest absolute Gasteiger partial charge is 0.399 e. The van der Waals surface area contributed by atoms with Crippen LogP contribution in [-0.2, 0) is 9.31 Å². The van der Waals surface area contributed by atoms with E-state index in [2.05, 4.69) is 39.8 Å². The van der Waals surface area contributed by atoms with Crippen molar-refractivity contribution in [2.75, 3.05) is 5.73 Å². The average molecular weight is 259 g/mol. The lowest BCUT2D eigenvalue weighted by Crippen LogP contribution is -2.41. The Labute approximate surface area is 115 Å². The molecule has 0 bridgehead atoms. The van der Waals surface area contributed by atoms with Gasteiger partial charge in [-0.15, -0.1) is 0 Å². The first-order valence-electron chi connectivity index (χ1n) is 7.05. The minimum Gasteiger partial charge on any atom is -0.399 e. The molecule has 102 valence electrons. The second-order valence-corrected chi connectivity index (χ2v) is 6.75. The number of rotatable bonds is 2. The lowest BCUT2D eigenvalue weighted by molar-refractivity contribution is 0.00578. The maximum absolute atomic E-state index is 6.11. The van der Waals surface area contributed by atoms with Gasteiger partial charge >= 0.3 is 7.12 Å². The molecule has 1 aromatic carbocycles. The second-order valence-electron chi connectivity index (χ2n) is 6.75. The van der Waals surface area contributed by atoms with E-state index in [1.165, 1.54) is 18.4 Å². The van der Waals surface area contributed by atoms with E-state index in [1.807, 2.05) is 6.07 Å².